The van der Waals surface area contributed by atoms with E-state index in [-0.39, 0.29) is 17.3 Å². The molecule has 0 aliphatic rings. The zero-order valence-corrected chi connectivity index (χ0v) is 10.5. The molecule has 17 heavy (non-hydrogen) atoms. The number of nitrogens with one attached hydrogen (secondary N) is 1. The second kappa shape index (κ2) is 5.27. The van der Waals surface area contributed by atoms with Gasteiger partial charge in [-0.1, -0.05) is 6.07 Å². The Labute approximate surface area is 101 Å². The number of benzene rings is 1. The first-order valence-electron chi connectivity index (χ1n) is 5.63. The van der Waals surface area contributed by atoms with Gasteiger partial charge in [-0.2, -0.15) is 0 Å². The van der Waals surface area contributed by atoms with Crippen molar-refractivity contribution in [1.82, 2.24) is 0 Å². The predicted octanol–water partition coefficient (Wildman–Crippen LogP) is 2.59. The summed E-state index contributed by atoms with van der Waals surface area (Å²) < 4.78 is 13.0. The Hall–Kier alpha value is -1.42. The van der Waals surface area contributed by atoms with Gasteiger partial charge in [0.2, 0.25) is 5.91 Å². The summed E-state index contributed by atoms with van der Waals surface area (Å²) in [5.74, 6) is -0.498. The number of rotatable bonds is 4. The molecule has 4 heteroatoms. The molecule has 1 aromatic rings. The second-order valence-corrected chi connectivity index (χ2v) is 5.00. The molecule has 0 aliphatic carbocycles. The lowest BCUT2D eigenvalue weighted by Crippen LogP contribution is -2.33. The van der Waals surface area contributed by atoms with Crippen molar-refractivity contribution in [2.45, 2.75) is 39.2 Å². The van der Waals surface area contributed by atoms with Gasteiger partial charge in [0.1, 0.15) is 5.82 Å². The van der Waals surface area contributed by atoms with E-state index in [0.29, 0.717) is 18.5 Å². The van der Waals surface area contributed by atoms with E-state index in [2.05, 4.69) is 5.32 Å². The number of nitrogens with two attached hydrogens (primary N) is 1. The zero-order chi connectivity index (χ0) is 13.1. The molecule has 0 spiro atoms. The molecule has 0 heterocycles. The van der Waals surface area contributed by atoms with Crippen LogP contribution in [0.5, 0.6) is 0 Å². The molecule has 0 aromatic heterocycles. The van der Waals surface area contributed by atoms with Crippen LogP contribution in [0.25, 0.3) is 0 Å². The Morgan fingerprint density at radius 1 is 1.47 bits per heavy atom. The fourth-order valence-corrected chi connectivity index (χ4v) is 1.38. The highest BCUT2D eigenvalue weighted by atomic mass is 19.1. The van der Waals surface area contributed by atoms with Crippen molar-refractivity contribution in [1.29, 1.82) is 0 Å². The van der Waals surface area contributed by atoms with Crippen LogP contribution in [0, 0.1) is 12.7 Å². The smallest absolute Gasteiger partial charge is 0.224 e. The van der Waals surface area contributed by atoms with E-state index in [4.69, 9.17) is 5.73 Å². The molecular weight excluding hydrogens is 219 g/mol. The maximum Gasteiger partial charge on any atom is 0.224 e. The Morgan fingerprint density at radius 2 is 2.12 bits per heavy atom. The summed E-state index contributed by atoms with van der Waals surface area (Å²) in [6.45, 7) is 5.56. The standard InChI is InChI=1S/C13H19FN2O/c1-9-4-5-10(14)8-11(9)16-12(17)6-7-13(2,3)15/h4-5,8H,6-7,15H2,1-3H3,(H,16,17). The van der Waals surface area contributed by atoms with Crippen LogP contribution in [0.3, 0.4) is 0 Å². The van der Waals surface area contributed by atoms with Crippen molar-refractivity contribution in [2.75, 3.05) is 5.32 Å². The average molecular weight is 238 g/mol. The quantitative estimate of drug-likeness (QED) is 0.847. The number of halogens is 1. The van der Waals surface area contributed by atoms with Crippen molar-refractivity contribution >= 4 is 11.6 Å². The van der Waals surface area contributed by atoms with E-state index >= 15 is 0 Å². The van der Waals surface area contributed by atoms with E-state index in [1.54, 1.807) is 6.07 Å². The van der Waals surface area contributed by atoms with Gasteiger partial charge in [-0.25, -0.2) is 4.39 Å². The lowest BCUT2D eigenvalue weighted by Gasteiger charge is -2.17. The average Bonchev–Trinajstić information content (AvgIpc) is 2.20. The van der Waals surface area contributed by atoms with Crippen molar-refractivity contribution in [3.8, 4) is 0 Å². The van der Waals surface area contributed by atoms with Crippen LogP contribution in [0.1, 0.15) is 32.3 Å². The minimum absolute atomic E-state index is 0.141. The molecule has 3 nitrogen and oxygen atoms in total. The summed E-state index contributed by atoms with van der Waals surface area (Å²) in [5, 5.41) is 2.69. The van der Waals surface area contributed by atoms with Gasteiger partial charge in [-0.15, -0.1) is 0 Å². The third kappa shape index (κ3) is 4.95. The molecule has 0 radical (unpaired) electrons. The molecule has 0 saturated carbocycles. The SMILES string of the molecule is Cc1ccc(F)cc1NC(=O)CCC(C)(C)N. The summed E-state index contributed by atoms with van der Waals surface area (Å²) in [6, 6.07) is 4.33. The number of carbonyl (C=O) groups is 1. The number of amides is 1. The van der Waals surface area contributed by atoms with Crippen LogP contribution in [0.15, 0.2) is 18.2 Å². The van der Waals surface area contributed by atoms with Gasteiger partial charge in [0.25, 0.3) is 0 Å². The molecule has 0 unspecified atom stereocenters. The summed E-state index contributed by atoms with van der Waals surface area (Å²) in [5.41, 5.74) is 6.78. The highest BCUT2D eigenvalue weighted by Crippen LogP contribution is 2.17. The van der Waals surface area contributed by atoms with E-state index < -0.39 is 0 Å². The number of aryl methyl sites for hydroxylation is 1. The number of carbonyl (C=O) groups excluding carboxylic acids is 1. The van der Waals surface area contributed by atoms with Crippen molar-refractivity contribution < 1.29 is 9.18 Å². The Bertz CT molecular complexity index is 410. The highest BCUT2D eigenvalue weighted by molar-refractivity contribution is 5.91. The summed E-state index contributed by atoms with van der Waals surface area (Å²) >= 11 is 0. The molecule has 1 aromatic carbocycles. The molecule has 94 valence electrons. The van der Waals surface area contributed by atoms with Crippen molar-refractivity contribution in [2.24, 2.45) is 5.73 Å². The molecule has 1 rings (SSSR count). The van der Waals surface area contributed by atoms with Gasteiger partial charge >= 0.3 is 0 Å². The van der Waals surface area contributed by atoms with E-state index in [0.717, 1.165) is 5.56 Å². The normalized spacial score (nSPS) is 11.4. The van der Waals surface area contributed by atoms with Crippen LogP contribution < -0.4 is 11.1 Å². The first-order valence-corrected chi connectivity index (χ1v) is 5.63. The topological polar surface area (TPSA) is 55.1 Å². The van der Waals surface area contributed by atoms with E-state index in [1.165, 1.54) is 12.1 Å². The minimum atomic E-state index is -0.367. The molecule has 0 fully saturated rings. The highest BCUT2D eigenvalue weighted by Gasteiger charge is 2.13. The zero-order valence-electron chi connectivity index (χ0n) is 10.5. The summed E-state index contributed by atoms with van der Waals surface area (Å²) in [6.07, 6.45) is 0.923. The Morgan fingerprint density at radius 3 is 2.71 bits per heavy atom. The third-order valence-electron chi connectivity index (χ3n) is 2.47. The second-order valence-electron chi connectivity index (χ2n) is 5.00. The molecular formula is C13H19FN2O. The number of hydrogen-bond donors (Lipinski definition) is 2. The van der Waals surface area contributed by atoms with E-state index in [1.807, 2.05) is 20.8 Å². The first-order chi connectivity index (χ1) is 7.78. The predicted molar refractivity (Wildman–Crippen MR) is 67.3 cm³/mol. The van der Waals surface area contributed by atoms with Crippen LogP contribution in [-0.4, -0.2) is 11.4 Å². The van der Waals surface area contributed by atoms with Crippen molar-refractivity contribution in [3.05, 3.63) is 29.6 Å². The summed E-state index contributed by atoms with van der Waals surface area (Å²) in [4.78, 5) is 11.6. The maximum absolute atomic E-state index is 13.0. The molecule has 0 bridgehead atoms. The lowest BCUT2D eigenvalue weighted by atomic mass is 10.00. The fraction of sp³-hybridized carbons (Fsp3) is 0.462. The van der Waals surface area contributed by atoms with Crippen molar-refractivity contribution in [3.63, 3.8) is 0 Å². The first kappa shape index (κ1) is 13.6. The molecule has 0 saturated heterocycles. The van der Waals surface area contributed by atoms with Gasteiger partial charge in [0.15, 0.2) is 0 Å². The lowest BCUT2D eigenvalue weighted by molar-refractivity contribution is -0.116. The summed E-state index contributed by atoms with van der Waals surface area (Å²) in [7, 11) is 0. The number of hydrogen-bond acceptors (Lipinski definition) is 2. The van der Waals surface area contributed by atoms with Crippen LogP contribution in [-0.2, 0) is 4.79 Å². The Balaban J connectivity index is 2.59. The maximum atomic E-state index is 13.0. The monoisotopic (exact) mass is 238 g/mol. The fourth-order valence-electron chi connectivity index (χ4n) is 1.38. The Kier molecular flexibility index (Phi) is 4.23. The van der Waals surface area contributed by atoms with Gasteiger partial charge < -0.3 is 11.1 Å². The molecule has 0 aliphatic heterocycles. The van der Waals surface area contributed by atoms with Gasteiger partial charge in [0, 0.05) is 17.6 Å². The van der Waals surface area contributed by atoms with Crippen LogP contribution >= 0.6 is 0 Å². The third-order valence-corrected chi connectivity index (χ3v) is 2.47. The number of anilines is 1. The van der Waals surface area contributed by atoms with Gasteiger partial charge in [0.05, 0.1) is 0 Å². The molecule has 3 N–H and O–H groups in total. The molecule has 1 amide bonds. The van der Waals surface area contributed by atoms with Crippen LogP contribution in [0.4, 0.5) is 10.1 Å². The van der Waals surface area contributed by atoms with Gasteiger partial charge in [-0.05, 0) is 44.9 Å². The minimum Gasteiger partial charge on any atom is -0.326 e. The van der Waals surface area contributed by atoms with E-state index in [9.17, 15) is 9.18 Å². The molecule has 0 atom stereocenters. The largest absolute Gasteiger partial charge is 0.326 e. The van der Waals surface area contributed by atoms with Crippen LogP contribution in [0.2, 0.25) is 0 Å². The van der Waals surface area contributed by atoms with Gasteiger partial charge in [-0.3, -0.25) is 4.79 Å².